The summed E-state index contributed by atoms with van der Waals surface area (Å²) in [6.45, 7) is 11.2. The standard InChI is InChI=1S/C14H22O2/c1-10(2)9-16-13-7-6-11(8-12(13)15)14(3,4)5/h6-8,10,15H,9H2,1-5H3. The van der Waals surface area contributed by atoms with Crippen molar-refractivity contribution in [3.63, 3.8) is 0 Å². The minimum atomic E-state index is 0.0497. The van der Waals surface area contributed by atoms with Gasteiger partial charge in [-0.2, -0.15) is 0 Å². The molecule has 0 saturated carbocycles. The summed E-state index contributed by atoms with van der Waals surface area (Å²) in [7, 11) is 0. The first-order valence-electron chi connectivity index (χ1n) is 5.77. The van der Waals surface area contributed by atoms with Crippen molar-refractivity contribution in [3.05, 3.63) is 23.8 Å². The molecule has 1 aromatic rings. The van der Waals surface area contributed by atoms with Gasteiger partial charge in [0, 0.05) is 0 Å². The van der Waals surface area contributed by atoms with Gasteiger partial charge in [-0.25, -0.2) is 0 Å². The van der Waals surface area contributed by atoms with E-state index in [4.69, 9.17) is 4.74 Å². The number of benzene rings is 1. The lowest BCUT2D eigenvalue weighted by Crippen LogP contribution is -2.11. The number of phenols is 1. The fraction of sp³-hybridized carbons (Fsp3) is 0.571. The Bertz CT molecular complexity index is 348. The van der Waals surface area contributed by atoms with Crippen molar-refractivity contribution in [2.24, 2.45) is 5.92 Å². The molecule has 1 aromatic carbocycles. The molecule has 0 aliphatic heterocycles. The first-order valence-corrected chi connectivity index (χ1v) is 5.77. The number of hydrogen-bond acceptors (Lipinski definition) is 2. The van der Waals surface area contributed by atoms with E-state index >= 15 is 0 Å². The van der Waals surface area contributed by atoms with Gasteiger partial charge in [0.25, 0.3) is 0 Å². The third kappa shape index (κ3) is 3.44. The molecule has 0 aliphatic carbocycles. The maximum Gasteiger partial charge on any atom is 0.160 e. The highest BCUT2D eigenvalue weighted by Gasteiger charge is 2.15. The molecular formula is C14H22O2. The zero-order valence-corrected chi connectivity index (χ0v) is 10.9. The minimum absolute atomic E-state index is 0.0497. The smallest absolute Gasteiger partial charge is 0.160 e. The number of hydrogen-bond donors (Lipinski definition) is 1. The van der Waals surface area contributed by atoms with Gasteiger partial charge in [-0.15, -0.1) is 0 Å². The summed E-state index contributed by atoms with van der Waals surface area (Å²) in [5.41, 5.74) is 1.16. The molecule has 2 nitrogen and oxygen atoms in total. The Morgan fingerprint density at radius 3 is 2.31 bits per heavy atom. The largest absolute Gasteiger partial charge is 0.504 e. The van der Waals surface area contributed by atoms with E-state index in [2.05, 4.69) is 34.6 Å². The Morgan fingerprint density at radius 2 is 1.88 bits per heavy atom. The molecular weight excluding hydrogens is 200 g/mol. The molecule has 0 spiro atoms. The van der Waals surface area contributed by atoms with E-state index < -0.39 is 0 Å². The highest BCUT2D eigenvalue weighted by atomic mass is 16.5. The van der Waals surface area contributed by atoms with Gasteiger partial charge in [0.15, 0.2) is 11.5 Å². The Hall–Kier alpha value is -1.18. The second kappa shape index (κ2) is 4.77. The van der Waals surface area contributed by atoms with Crippen molar-refractivity contribution in [3.8, 4) is 11.5 Å². The lowest BCUT2D eigenvalue weighted by Gasteiger charge is -2.20. The van der Waals surface area contributed by atoms with E-state index in [0.29, 0.717) is 18.3 Å². The number of aromatic hydroxyl groups is 1. The normalized spacial score (nSPS) is 11.9. The molecule has 0 fully saturated rings. The van der Waals surface area contributed by atoms with Crippen LogP contribution in [0.15, 0.2) is 18.2 Å². The van der Waals surface area contributed by atoms with E-state index in [0.717, 1.165) is 5.56 Å². The van der Waals surface area contributed by atoms with Gasteiger partial charge < -0.3 is 9.84 Å². The van der Waals surface area contributed by atoms with Crippen molar-refractivity contribution in [1.82, 2.24) is 0 Å². The van der Waals surface area contributed by atoms with Crippen LogP contribution in [0.4, 0.5) is 0 Å². The quantitative estimate of drug-likeness (QED) is 0.844. The zero-order valence-electron chi connectivity index (χ0n) is 10.9. The average Bonchev–Trinajstić information content (AvgIpc) is 2.14. The van der Waals surface area contributed by atoms with Crippen LogP contribution in [0.1, 0.15) is 40.2 Å². The first kappa shape index (κ1) is 12.9. The van der Waals surface area contributed by atoms with Crippen molar-refractivity contribution in [2.45, 2.75) is 40.0 Å². The Kier molecular flexibility index (Phi) is 3.84. The highest BCUT2D eigenvalue weighted by Crippen LogP contribution is 2.32. The molecule has 0 amide bonds. The van der Waals surface area contributed by atoms with E-state index in [1.165, 1.54) is 0 Å². The fourth-order valence-electron chi connectivity index (χ4n) is 1.36. The van der Waals surface area contributed by atoms with Crippen LogP contribution in [0.25, 0.3) is 0 Å². The van der Waals surface area contributed by atoms with Crippen LogP contribution in [0.2, 0.25) is 0 Å². The van der Waals surface area contributed by atoms with E-state index in [-0.39, 0.29) is 11.2 Å². The molecule has 0 unspecified atom stereocenters. The Labute approximate surface area is 98.3 Å². The number of ether oxygens (including phenoxy) is 1. The molecule has 0 radical (unpaired) electrons. The molecule has 0 bridgehead atoms. The second-order valence-electron chi connectivity index (χ2n) is 5.64. The molecule has 1 rings (SSSR count). The molecule has 0 saturated heterocycles. The third-order valence-electron chi connectivity index (χ3n) is 2.40. The lowest BCUT2D eigenvalue weighted by atomic mass is 9.87. The van der Waals surface area contributed by atoms with Crippen LogP contribution >= 0.6 is 0 Å². The van der Waals surface area contributed by atoms with Crippen LogP contribution in [0.5, 0.6) is 11.5 Å². The van der Waals surface area contributed by atoms with Crippen LogP contribution in [-0.2, 0) is 5.41 Å². The summed E-state index contributed by atoms with van der Waals surface area (Å²) in [5, 5.41) is 9.84. The summed E-state index contributed by atoms with van der Waals surface area (Å²) in [5.74, 6) is 1.26. The fourth-order valence-corrected chi connectivity index (χ4v) is 1.36. The van der Waals surface area contributed by atoms with Gasteiger partial charge in [0.1, 0.15) is 0 Å². The zero-order chi connectivity index (χ0) is 12.3. The predicted octanol–water partition coefficient (Wildman–Crippen LogP) is 3.72. The topological polar surface area (TPSA) is 29.5 Å². The van der Waals surface area contributed by atoms with Crippen LogP contribution < -0.4 is 4.74 Å². The Morgan fingerprint density at radius 1 is 1.25 bits per heavy atom. The van der Waals surface area contributed by atoms with Gasteiger partial charge in [-0.1, -0.05) is 40.7 Å². The average molecular weight is 222 g/mol. The molecule has 90 valence electrons. The van der Waals surface area contributed by atoms with Crippen molar-refractivity contribution in [1.29, 1.82) is 0 Å². The number of rotatable bonds is 3. The minimum Gasteiger partial charge on any atom is -0.504 e. The van der Waals surface area contributed by atoms with Crippen molar-refractivity contribution < 1.29 is 9.84 Å². The molecule has 2 heteroatoms. The summed E-state index contributed by atoms with van der Waals surface area (Å²) in [6, 6.07) is 5.64. The second-order valence-corrected chi connectivity index (χ2v) is 5.64. The SMILES string of the molecule is CC(C)COc1ccc(C(C)(C)C)cc1O. The van der Waals surface area contributed by atoms with Gasteiger partial charge in [0.05, 0.1) is 6.61 Å². The maximum atomic E-state index is 9.84. The molecule has 1 N–H and O–H groups in total. The summed E-state index contributed by atoms with van der Waals surface area (Å²) >= 11 is 0. The molecule has 0 atom stereocenters. The molecule has 0 aliphatic rings. The summed E-state index contributed by atoms with van der Waals surface area (Å²) in [6.07, 6.45) is 0. The van der Waals surface area contributed by atoms with Gasteiger partial charge in [-0.05, 0) is 29.0 Å². The van der Waals surface area contributed by atoms with Crippen molar-refractivity contribution in [2.75, 3.05) is 6.61 Å². The molecule has 16 heavy (non-hydrogen) atoms. The van der Waals surface area contributed by atoms with Crippen LogP contribution in [0, 0.1) is 5.92 Å². The summed E-state index contributed by atoms with van der Waals surface area (Å²) in [4.78, 5) is 0. The van der Waals surface area contributed by atoms with Gasteiger partial charge in [0.2, 0.25) is 0 Å². The molecule has 0 heterocycles. The van der Waals surface area contributed by atoms with Crippen LogP contribution in [-0.4, -0.2) is 11.7 Å². The maximum absolute atomic E-state index is 9.84. The predicted molar refractivity (Wildman–Crippen MR) is 67.1 cm³/mol. The van der Waals surface area contributed by atoms with Gasteiger partial charge in [-0.3, -0.25) is 0 Å². The van der Waals surface area contributed by atoms with Crippen molar-refractivity contribution >= 4 is 0 Å². The summed E-state index contributed by atoms with van der Waals surface area (Å²) < 4.78 is 5.52. The third-order valence-corrected chi connectivity index (χ3v) is 2.40. The highest BCUT2D eigenvalue weighted by molar-refractivity contribution is 5.43. The molecule has 0 aromatic heterocycles. The van der Waals surface area contributed by atoms with E-state index in [1.807, 2.05) is 12.1 Å². The van der Waals surface area contributed by atoms with Gasteiger partial charge >= 0.3 is 0 Å². The monoisotopic (exact) mass is 222 g/mol. The van der Waals surface area contributed by atoms with Crippen LogP contribution in [0.3, 0.4) is 0 Å². The first-order chi connectivity index (χ1) is 7.30. The van der Waals surface area contributed by atoms with E-state index in [9.17, 15) is 5.11 Å². The number of phenolic OH excluding ortho intramolecular Hbond substituents is 1. The Balaban J connectivity index is 2.84. The lowest BCUT2D eigenvalue weighted by molar-refractivity contribution is 0.259. The van der Waals surface area contributed by atoms with E-state index in [1.54, 1.807) is 6.07 Å².